The van der Waals surface area contributed by atoms with Gasteiger partial charge in [0.15, 0.2) is 0 Å². The second kappa shape index (κ2) is 11.6. The Balaban J connectivity index is 6.85. The molecule has 0 radical (unpaired) electrons. The second-order valence-corrected chi connectivity index (χ2v) is 9.81. The third kappa shape index (κ3) is 6.01. The molecule has 0 aromatic rings. The molecule has 42 heavy (non-hydrogen) atoms. The molecule has 0 rings (SSSR count). The Morgan fingerprint density at radius 1 is 0.738 bits per heavy atom. The fraction of sp³-hybridized carbons (Fsp3) is 0.875. The van der Waals surface area contributed by atoms with Gasteiger partial charge in [0.1, 0.15) is 6.04 Å². The van der Waals surface area contributed by atoms with Crippen LogP contribution in [0.25, 0.3) is 0 Å². The van der Waals surface area contributed by atoms with Crippen LogP contribution in [0.4, 0.5) is 74.6 Å². The van der Waals surface area contributed by atoms with Gasteiger partial charge in [0.2, 0.25) is 0 Å². The zero-order valence-corrected chi connectivity index (χ0v) is 20.6. The average Bonchev–Trinajstić information content (AvgIpc) is 2.80. The van der Waals surface area contributed by atoms with E-state index >= 15 is 0 Å². The Hall–Kier alpha value is -2.38. The van der Waals surface area contributed by atoms with Gasteiger partial charge in [-0.25, -0.2) is 8.42 Å². The number of sulfonamides is 1. The first-order valence-corrected chi connectivity index (χ1v) is 11.5. The molecule has 0 spiro atoms. The van der Waals surface area contributed by atoms with Crippen LogP contribution in [0.15, 0.2) is 0 Å². The summed E-state index contributed by atoms with van der Waals surface area (Å²) in [5, 5.41) is 0.605. The van der Waals surface area contributed by atoms with Gasteiger partial charge < -0.3 is 15.7 Å². The van der Waals surface area contributed by atoms with E-state index in [0.717, 1.165) is 6.92 Å². The minimum absolute atomic E-state index is 0.763. The quantitative estimate of drug-likeness (QED) is 0.190. The number of aliphatic carboxylic acids is 1. The maximum Gasteiger partial charge on any atom is 0.460 e. The highest BCUT2D eigenvalue weighted by Crippen LogP contribution is 2.64. The number of carbonyl (C=O) groups excluding carboxylic acids is 1. The number of alkyl halides is 17. The lowest BCUT2D eigenvalue weighted by Crippen LogP contribution is -2.75. The molecule has 3 N–H and O–H groups in total. The lowest BCUT2D eigenvalue weighted by Gasteiger charge is -2.42. The first kappa shape index (κ1) is 39.6. The SMILES string of the molecule is CCCN(OC(=O)CC[C@H](N)C(=O)O)S(=O)(=O)C(F)(F)C(F)(F)C(F)(F)C(F)(F)C(F)(F)C(F)(F)C(F)(F)C(F)(F)F. The molecule has 0 aromatic carbocycles. The summed E-state index contributed by atoms with van der Waals surface area (Å²) in [6.07, 6.45) is -11.2. The van der Waals surface area contributed by atoms with Gasteiger partial charge >= 0.3 is 68.9 Å². The van der Waals surface area contributed by atoms with E-state index in [9.17, 15) is 92.6 Å². The molecule has 0 unspecified atom stereocenters. The standard InChI is InChI=1S/C16H15F17N2O6S/c1-2-5-35(41-7(36)4-3-6(34)8(37)38)42(39,40)16(32,33)14(27,28)12(23,24)10(19,20)9(17,18)11(21,22)13(25,26)15(29,30)31/h6H,2-5,34H2,1H3,(H,37,38)/t6-/m0/s1. The van der Waals surface area contributed by atoms with Crippen LogP contribution in [-0.2, 0) is 24.4 Å². The van der Waals surface area contributed by atoms with Crippen LogP contribution in [0.5, 0.6) is 0 Å². The summed E-state index contributed by atoms with van der Waals surface area (Å²) >= 11 is 0. The van der Waals surface area contributed by atoms with E-state index in [0.29, 0.717) is 0 Å². The number of nitrogens with zero attached hydrogens (tertiary/aromatic N) is 1. The Bertz CT molecular complexity index is 1110. The van der Waals surface area contributed by atoms with Gasteiger partial charge in [-0.3, -0.25) is 9.59 Å². The largest absolute Gasteiger partial charge is 0.480 e. The third-order valence-corrected chi connectivity index (χ3v) is 6.57. The number of carbonyl (C=O) groups is 2. The number of hydrogen-bond acceptors (Lipinski definition) is 6. The fourth-order valence-electron chi connectivity index (χ4n) is 2.39. The van der Waals surface area contributed by atoms with E-state index in [4.69, 9.17) is 10.8 Å². The van der Waals surface area contributed by atoms with Crippen molar-refractivity contribution in [3.8, 4) is 0 Å². The van der Waals surface area contributed by atoms with Gasteiger partial charge in [0.25, 0.3) is 0 Å². The van der Waals surface area contributed by atoms with Crippen molar-refractivity contribution < 1.29 is 103 Å². The van der Waals surface area contributed by atoms with Gasteiger partial charge in [-0.15, -0.1) is 0 Å². The first-order chi connectivity index (χ1) is 18.2. The zero-order valence-electron chi connectivity index (χ0n) is 19.8. The van der Waals surface area contributed by atoms with Crippen molar-refractivity contribution in [2.75, 3.05) is 6.54 Å². The van der Waals surface area contributed by atoms with E-state index in [1.165, 1.54) is 0 Å². The summed E-state index contributed by atoms with van der Waals surface area (Å²) in [5.74, 6) is -56.6. The van der Waals surface area contributed by atoms with Crippen LogP contribution < -0.4 is 5.73 Å². The Kier molecular flexibility index (Phi) is 10.9. The molecule has 0 fully saturated rings. The van der Waals surface area contributed by atoms with Crippen molar-refractivity contribution in [3.63, 3.8) is 0 Å². The molecule has 26 heteroatoms. The fourth-order valence-corrected chi connectivity index (χ4v) is 3.70. The van der Waals surface area contributed by atoms with E-state index in [2.05, 4.69) is 4.84 Å². The van der Waals surface area contributed by atoms with Crippen molar-refractivity contribution >= 4 is 22.0 Å². The van der Waals surface area contributed by atoms with E-state index in [1.807, 2.05) is 0 Å². The molecule has 0 aliphatic rings. The maximum absolute atomic E-state index is 14.3. The molecule has 0 aliphatic heterocycles. The third-order valence-electron chi connectivity index (χ3n) is 4.87. The number of carboxylic acid groups (broad SMARTS) is 1. The monoisotopic (exact) mass is 686 g/mol. The van der Waals surface area contributed by atoms with E-state index in [-0.39, 0.29) is 0 Å². The minimum atomic E-state index is -9.01. The summed E-state index contributed by atoms with van der Waals surface area (Å²) in [4.78, 5) is 25.9. The molecule has 0 saturated carbocycles. The number of rotatable bonds is 15. The summed E-state index contributed by atoms with van der Waals surface area (Å²) in [7, 11) is -7.86. The number of halogens is 17. The highest BCUT2D eigenvalue weighted by molar-refractivity contribution is 7.90. The lowest BCUT2D eigenvalue weighted by atomic mass is 9.91. The van der Waals surface area contributed by atoms with Crippen molar-refractivity contribution in [1.29, 1.82) is 0 Å². The van der Waals surface area contributed by atoms with Gasteiger partial charge in [-0.05, 0) is 17.3 Å². The topological polar surface area (TPSA) is 127 Å². The summed E-state index contributed by atoms with van der Waals surface area (Å²) in [5.41, 5.74) is 4.93. The average molecular weight is 686 g/mol. The van der Waals surface area contributed by atoms with Crippen LogP contribution >= 0.6 is 0 Å². The van der Waals surface area contributed by atoms with Crippen molar-refractivity contribution in [2.24, 2.45) is 5.73 Å². The van der Waals surface area contributed by atoms with Gasteiger partial charge in [0, 0.05) is 6.42 Å². The predicted octanol–water partition coefficient (Wildman–Crippen LogP) is 4.65. The number of carboxylic acids is 1. The highest BCUT2D eigenvalue weighted by atomic mass is 32.2. The minimum Gasteiger partial charge on any atom is -0.480 e. The highest BCUT2D eigenvalue weighted by Gasteiger charge is 2.96. The maximum atomic E-state index is 14.3. The van der Waals surface area contributed by atoms with Crippen LogP contribution in [0.1, 0.15) is 26.2 Å². The van der Waals surface area contributed by atoms with Gasteiger partial charge in [0.05, 0.1) is 6.54 Å². The van der Waals surface area contributed by atoms with Crippen LogP contribution in [0.3, 0.4) is 0 Å². The Morgan fingerprint density at radius 3 is 1.43 bits per heavy atom. The molecule has 8 nitrogen and oxygen atoms in total. The molecular weight excluding hydrogens is 671 g/mol. The Labute approximate surface area is 221 Å². The Morgan fingerprint density at radius 2 is 1.10 bits per heavy atom. The van der Waals surface area contributed by atoms with Crippen molar-refractivity contribution in [2.45, 2.75) is 79.2 Å². The predicted molar refractivity (Wildman–Crippen MR) is 97.5 cm³/mol. The smallest absolute Gasteiger partial charge is 0.460 e. The molecule has 1 atom stereocenters. The first-order valence-electron chi connectivity index (χ1n) is 10.1. The molecule has 0 bridgehead atoms. The second-order valence-electron chi connectivity index (χ2n) is 7.94. The molecule has 0 amide bonds. The molecule has 250 valence electrons. The molecule has 0 saturated heterocycles. The number of hydroxylamine groups is 1. The van der Waals surface area contributed by atoms with E-state index < -0.39 is 105 Å². The molecule has 0 heterocycles. The van der Waals surface area contributed by atoms with Crippen LogP contribution in [0.2, 0.25) is 0 Å². The lowest BCUT2D eigenvalue weighted by molar-refractivity contribution is -0.458. The summed E-state index contributed by atoms with van der Waals surface area (Å²) in [6.45, 7) is -0.988. The van der Waals surface area contributed by atoms with Gasteiger partial charge in [-0.2, -0.15) is 74.6 Å². The van der Waals surface area contributed by atoms with Crippen LogP contribution in [-0.4, -0.2) is 89.5 Å². The van der Waals surface area contributed by atoms with Gasteiger partial charge in [-0.1, -0.05) is 6.92 Å². The summed E-state index contributed by atoms with van der Waals surface area (Å²) in [6, 6.07) is -1.94. The zero-order chi connectivity index (χ0) is 34.3. The number of hydrogen-bond donors (Lipinski definition) is 2. The van der Waals surface area contributed by atoms with Crippen molar-refractivity contribution in [3.05, 3.63) is 0 Å². The molecule has 0 aliphatic carbocycles. The molecular formula is C16H15F17N2O6S. The van der Waals surface area contributed by atoms with Crippen LogP contribution in [0, 0.1) is 0 Å². The summed E-state index contributed by atoms with van der Waals surface area (Å²) < 4.78 is 250. The molecule has 0 aromatic heterocycles. The van der Waals surface area contributed by atoms with E-state index in [1.54, 1.807) is 0 Å². The normalized spacial score (nSPS) is 16.0. The van der Waals surface area contributed by atoms with Crippen molar-refractivity contribution in [1.82, 2.24) is 4.47 Å². The number of nitrogens with two attached hydrogens (primary N) is 1.